The third-order valence-electron chi connectivity index (χ3n) is 3.09. The van der Waals surface area contributed by atoms with Crippen molar-refractivity contribution >= 4 is 0 Å². The first-order chi connectivity index (χ1) is 7.79. The molecule has 1 fully saturated rings. The van der Waals surface area contributed by atoms with Crippen molar-refractivity contribution in [2.24, 2.45) is 5.92 Å². The zero-order valence-electron chi connectivity index (χ0n) is 10.9. The van der Waals surface area contributed by atoms with Gasteiger partial charge in [-0.3, -0.25) is 0 Å². The van der Waals surface area contributed by atoms with Crippen LogP contribution in [0.25, 0.3) is 0 Å². The minimum Gasteiger partial charge on any atom is -0.380 e. The Labute approximate surface area is 100 Å². The topological polar surface area (TPSA) is 33.3 Å². The van der Waals surface area contributed by atoms with E-state index in [1.165, 1.54) is 32.2 Å². The fraction of sp³-hybridized carbons (Fsp3) is 1.00. The Kier molecular flexibility index (Phi) is 7.81. The Balaban J connectivity index is 1.89. The molecule has 0 aliphatic carbocycles. The molecule has 0 spiro atoms. The largest absolute Gasteiger partial charge is 0.380 e. The highest BCUT2D eigenvalue weighted by Gasteiger charge is 2.10. The van der Waals surface area contributed by atoms with Crippen LogP contribution in [0.1, 0.15) is 39.5 Å². The summed E-state index contributed by atoms with van der Waals surface area (Å²) in [4.78, 5) is 0. The molecule has 1 heterocycles. The number of hydrogen-bond acceptors (Lipinski definition) is 3. The monoisotopic (exact) mass is 228 g/mol. The Morgan fingerprint density at radius 3 is 2.94 bits per heavy atom. The van der Waals surface area contributed by atoms with Gasteiger partial charge in [0.2, 0.25) is 0 Å². The summed E-state index contributed by atoms with van der Waals surface area (Å²) >= 11 is 0. The van der Waals surface area contributed by atoms with Gasteiger partial charge in [-0.2, -0.15) is 0 Å². The van der Waals surface area contributed by atoms with E-state index in [1.54, 1.807) is 0 Å². The molecule has 3 heteroatoms. The van der Waals surface area contributed by atoms with Crippen molar-refractivity contribution in [1.82, 2.24) is 10.6 Å². The first kappa shape index (κ1) is 13.9. The highest BCUT2D eigenvalue weighted by Crippen LogP contribution is 2.04. The maximum atomic E-state index is 5.59. The van der Waals surface area contributed by atoms with Gasteiger partial charge in [0.25, 0.3) is 0 Å². The van der Waals surface area contributed by atoms with Crippen molar-refractivity contribution in [3.05, 3.63) is 0 Å². The SMILES string of the molecule is CC(C)CCOCCNC1CCCNCC1. The van der Waals surface area contributed by atoms with Crippen LogP contribution >= 0.6 is 0 Å². The Bertz CT molecular complexity index is 154. The average molecular weight is 228 g/mol. The molecule has 1 aliphatic rings. The third kappa shape index (κ3) is 7.20. The van der Waals surface area contributed by atoms with Gasteiger partial charge in [0.05, 0.1) is 6.61 Å². The Morgan fingerprint density at radius 2 is 2.12 bits per heavy atom. The summed E-state index contributed by atoms with van der Waals surface area (Å²) < 4.78 is 5.59. The molecule has 1 unspecified atom stereocenters. The lowest BCUT2D eigenvalue weighted by atomic mass is 10.1. The lowest BCUT2D eigenvalue weighted by Crippen LogP contribution is -2.32. The van der Waals surface area contributed by atoms with Crippen molar-refractivity contribution in [3.63, 3.8) is 0 Å². The van der Waals surface area contributed by atoms with Gasteiger partial charge in [-0.05, 0) is 44.7 Å². The molecule has 2 N–H and O–H groups in total. The molecule has 16 heavy (non-hydrogen) atoms. The standard InChI is InChI=1S/C13H28N2O/c1-12(2)6-10-16-11-9-15-13-4-3-7-14-8-5-13/h12-15H,3-11H2,1-2H3. The summed E-state index contributed by atoms with van der Waals surface area (Å²) in [5.41, 5.74) is 0. The summed E-state index contributed by atoms with van der Waals surface area (Å²) in [6.07, 6.45) is 5.03. The molecule has 1 rings (SSSR count). The van der Waals surface area contributed by atoms with Crippen LogP contribution in [0.2, 0.25) is 0 Å². The molecule has 3 nitrogen and oxygen atoms in total. The van der Waals surface area contributed by atoms with Crippen LogP contribution in [-0.4, -0.2) is 38.9 Å². The maximum Gasteiger partial charge on any atom is 0.0591 e. The number of hydrogen-bond donors (Lipinski definition) is 2. The Hall–Kier alpha value is -0.120. The molecule has 96 valence electrons. The third-order valence-corrected chi connectivity index (χ3v) is 3.09. The fourth-order valence-electron chi connectivity index (χ4n) is 1.98. The molecule has 0 amide bonds. The smallest absolute Gasteiger partial charge is 0.0591 e. The molecule has 0 radical (unpaired) electrons. The fourth-order valence-corrected chi connectivity index (χ4v) is 1.98. The van der Waals surface area contributed by atoms with Gasteiger partial charge in [-0.15, -0.1) is 0 Å². The minimum absolute atomic E-state index is 0.698. The number of nitrogens with one attached hydrogen (secondary N) is 2. The molecule has 0 aromatic carbocycles. The summed E-state index contributed by atoms with van der Waals surface area (Å²) in [6.45, 7) is 9.58. The predicted molar refractivity (Wildman–Crippen MR) is 68.8 cm³/mol. The van der Waals surface area contributed by atoms with Crippen molar-refractivity contribution in [2.75, 3.05) is 32.8 Å². The first-order valence-electron chi connectivity index (χ1n) is 6.81. The molecule has 1 atom stereocenters. The van der Waals surface area contributed by atoms with E-state index < -0.39 is 0 Å². The van der Waals surface area contributed by atoms with E-state index in [1.807, 2.05) is 0 Å². The van der Waals surface area contributed by atoms with E-state index in [0.29, 0.717) is 6.04 Å². The van der Waals surface area contributed by atoms with Crippen molar-refractivity contribution in [2.45, 2.75) is 45.6 Å². The zero-order chi connectivity index (χ0) is 11.6. The van der Waals surface area contributed by atoms with Crippen molar-refractivity contribution in [3.8, 4) is 0 Å². The van der Waals surface area contributed by atoms with Crippen LogP contribution in [-0.2, 0) is 4.74 Å². The van der Waals surface area contributed by atoms with Crippen LogP contribution in [0, 0.1) is 5.92 Å². The molecule has 1 saturated heterocycles. The first-order valence-corrected chi connectivity index (χ1v) is 6.81. The van der Waals surface area contributed by atoms with E-state index in [0.717, 1.165) is 32.2 Å². The average Bonchev–Trinajstić information content (AvgIpc) is 2.51. The van der Waals surface area contributed by atoms with E-state index in [4.69, 9.17) is 4.74 Å². The van der Waals surface area contributed by atoms with Crippen LogP contribution in [0.4, 0.5) is 0 Å². The van der Waals surface area contributed by atoms with Crippen LogP contribution in [0.5, 0.6) is 0 Å². The highest BCUT2D eigenvalue weighted by atomic mass is 16.5. The quantitative estimate of drug-likeness (QED) is 0.652. The predicted octanol–water partition coefficient (Wildman–Crippen LogP) is 1.78. The highest BCUT2D eigenvalue weighted by molar-refractivity contribution is 4.72. The second kappa shape index (κ2) is 8.97. The molecule has 0 aromatic rings. The van der Waals surface area contributed by atoms with Gasteiger partial charge < -0.3 is 15.4 Å². The lowest BCUT2D eigenvalue weighted by molar-refractivity contribution is 0.123. The number of ether oxygens (including phenoxy) is 1. The van der Waals surface area contributed by atoms with E-state index in [2.05, 4.69) is 24.5 Å². The maximum absolute atomic E-state index is 5.59. The minimum atomic E-state index is 0.698. The van der Waals surface area contributed by atoms with Crippen LogP contribution in [0.3, 0.4) is 0 Å². The molecular formula is C13H28N2O. The van der Waals surface area contributed by atoms with Crippen molar-refractivity contribution in [1.29, 1.82) is 0 Å². The molecule has 0 aromatic heterocycles. The molecule has 0 saturated carbocycles. The van der Waals surface area contributed by atoms with E-state index in [9.17, 15) is 0 Å². The van der Waals surface area contributed by atoms with E-state index >= 15 is 0 Å². The number of rotatable bonds is 7. The van der Waals surface area contributed by atoms with Gasteiger partial charge in [0.1, 0.15) is 0 Å². The molecular weight excluding hydrogens is 200 g/mol. The molecule has 0 bridgehead atoms. The van der Waals surface area contributed by atoms with Crippen LogP contribution in [0.15, 0.2) is 0 Å². The van der Waals surface area contributed by atoms with E-state index in [-0.39, 0.29) is 0 Å². The van der Waals surface area contributed by atoms with Gasteiger partial charge >= 0.3 is 0 Å². The summed E-state index contributed by atoms with van der Waals surface area (Å²) in [5, 5.41) is 7.01. The summed E-state index contributed by atoms with van der Waals surface area (Å²) in [6, 6.07) is 0.698. The van der Waals surface area contributed by atoms with Gasteiger partial charge in [0, 0.05) is 19.2 Å². The second-order valence-corrected chi connectivity index (χ2v) is 5.13. The molecule has 1 aliphatic heterocycles. The summed E-state index contributed by atoms with van der Waals surface area (Å²) in [7, 11) is 0. The van der Waals surface area contributed by atoms with Gasteiger partial charge in [-0.1, -0.05) is 13.8 Å². The van der Waals surface area contributed by atoms with Crippen LogP contribution < -0.4 is 10.6 Å². The lowest BCUT2D eigenvalue weighted by Gasteiger charge is -2.15. The van der Waals surface area contributed by atoms with Gasteiger partial charge in [0.15, 0.2) is 0 Å². The zero-order valence-corrected chi connectivity index (χ0v) is 10.9. The normalized spacial score (nSPS) is 22.3. The van der Waals surface area contributed by atoms with Crippen molar-refractivity contribution < 1.29 is 4.74 Å². The summed E-state index contributed by atoms with van der Waals surface area (Å²) in [5.74, 6) is 0.751. The Morgan fingerprint density at radius 1 is 1.25 bits per heavy atom. The second-order valence-electron chi connectivity index (χ2n) is 5.13. The van der Waals surface area contributed by atoms with Gasteiger partial charge in [-0.25, -0.2) is 0 Å².